The van der Waals surface area contributed by atoms with Gasteiger partial charge >= 0.3 is 0 Å². The molecule has 2 heteroatoms. The predicted molar refractivity (Wildman–Crippen MR) is 63.4 cm³/mol. The summed E-state index contributed by atoms with van der Waals surface area (Å²) in [5, 5.41) is 2.83. The first-order valence-electron chi connectivity index (χ1n) is 5.31. The Kier molecular flexibility index (Phi) is 5.23. The summed E-state index contributed by atoms with van der Waals surface area (Å²) in [7, 11) is 0. The third kappa shape index (κ3) is 5.01. The fraction of sp³-hybridized carbons (Fsp3) is 0.308. The molecule has 0 unspecified atom stereocenters. The number of hydrogen-bond donors (Lipinski definition) is 1. The summed E-state index contributed by atoms with van der Waals surface area (Å²) in [5.74, 6) is 0.121. The van der Waals surface area contributed by atoms with E-state index in [0.717, 1.165) is 12.0 Å². The Morgan fingerprint density at radius 3 is 2.73 bits per heavy atom. The lowest BCUT2D eigenvalue weighted by atomic mass is 10.2. The van der Waals surface area contributed by atoms with E-state index in [4.69, 9.17) is 0 Å². The number of benzene rings is 1. The minimum Gasteiger partial charge on any atom is -0.353 e. The van der Waals surface area contributed by atoms with E-state index in [1.807, 2.05) is 49.4 Å². The monoisotopic (exact) mass is 203 g/mol. The quantitative estimate of drug-likeness (QED) is 0.783. The topological polar surface area (TPSA) is 29.1 Å². The van der Waals surface area contributed by atoms with Crippen LogP contribution in [0, 0.1) is 0 Å². The highest BCUT2D eigenvalue weighted by atomic mass is 16.1. The Morgan fingerprint density at radius 1 is 1.33 bits per heavy atom. The van der Waals surface area contributed by atoms with E-state index in [9.17, 15) is 4.79 Å². The minimum absolute atomic E-state index is 0.121. The molecule has 80 valence electrons. The van der Waals surface area contributed by atoms with Crippen molar-refractivity contribution in [3.8, 4) is 0 Å². The minimum atomic E-state index is 0.121. The van der Waals surface area contributed by atoms with E-state index < -0.39 is 0 Å². The van der Waals surface area contributed by atoms with Crippen LogP contribution in [0.25, 0.3) is 6.08 Å². The van der Waals surface area contributed by atoms with Gasteiger partial charge in [-0.1, -0.05) is 49.4 Å². The zero-order valence-corrected chi connectivity index (χ0v) is 9.07. The molecule has 2 nitrogen and oxygen atoms in total. The van der Waals surface area contributed by atoms with Crippen LogP contribution in [0.3, 0.4) is 0 Å². The van der Waals surface area contributed by atoms with Gasteiger partial charge in [-0.3, -0.25) is 4.79 Å². The van der Waals surface area contributed by atoms with Crippen molar-refractivity contribution in [2.75, 3.05) is 6.54 Å². The molecule has 0 radical (unpaired) electrons. The lowest BCUT2D eigenvalue weighted by Crippen LogP contribution is -2.22. The lowest BCUT2D eigenvalue weighted by Gasteiger charge is -1.99. The van der Waals surface area contributed by atoms with Gasteiger partial charge in [0.25, 0.3) is 0 Å². The largest absolute Gasteiger partial charge is 0.353 e. The highest BCUT2D eigenvalue weighted by Gasteiger charge is 1.94. The van der Waals surface area contributed by atoms with Crippen molar-refractivity contribution in [3.05, 3.63) is 42.0 Å². The second-order valence-electron chi connectivity index (χ2n) is 3.37. The summed E-state index contributed by atoms with van der Waals surface area (Å²) >= 11 is 0. The first kappa shape index (κ1) is 11.5. The molecule has 0 atom stereocenters. The molecule has 0 aliphatic heterocycles. The van der Waals surface area contributed by atoms with Gasteiger partial charge in [0.15, 0.2) is 0 Å². The summed E-state index contributed by atoms with van der Waals surface area (Å²) in [6, 6.07) is 10.0. The summed E-state index contributed by atoms with van der Waals surface area (Å²) in [5.41, 5.74) is 1.15. The molecular weight excluding hydrogens is 186 g/mol. The van der Waals surface area contributed by atoms with Crippen molar-refractivity contribution >= 4 is 12.0 Å². The van der Waals surface area contributed by atoms with Crippen molar-refractivity contribution < 1.29 is 4.79 Å². The fourth-order valence-corrected chi connectivity index (χ4v) is 1.25. The molecule has 1 N–H and O–H groups in total. The van der Waals surface area contributed by atoms with Crippen LogP contribution in [0.5, 0.6) is 0 Å². The molecule has 1 rings (SSSR count). The third-order valence-corrected chi connectivity index (χ3v) is 2.00. The Bertz CT molecular complexity index is 317. The van der Waals surface area contributed by atoms with E-state index in [-0.39, 0.29) is 5.91 Å². The maximum atomic E-state index is 11.1. The van der Waals surface area contributed by atoms with Crippen LogP contribution in [0.1, 0.15) is 25.3 Å². The molecule has 0 aliphatic carbocycles. The van der Waals surface area contributed by atoms with Gasteiger partial charge in [-0.25, -0.2) is 0 Å². The fourth-order valence-electron chi connectivity index (χ4n) is 1.25. The van der Waals surface area contributed by atoms with Gasteiger partial charge in [0.2, 0.25) is 5.91 Å². The SMILES string of the molecule is CCCC(=O)NCC=Cc1ccccc1. The van der Waals surface area contributed by atoms with Crippen LogP contribution >= 0.6 is 0 Å². The molecule has 15 heavy (non-hydrogen) atoms. The highest BCUT2D eigenvalue weighted by Crippen LogP contribution is 1.99. The zero-order chi connectivity index (χ0) is 10.9. The lowest BCUT2D eigenvalue weighted by molar-refractivity contribution is -0.120. The van der Waals surface area contributed by atoms with E-state index in [1.165, 1.54) is 0 Å². The van der Waals surface area contributed by atoms with E-state index in [1.54, 1.807) is 0 Å². The number of carbonyl (C=O) groups excluding carboxylic acids is 1. The second-order valence-corrected chi connectivity index (χ2v) is 3.37. The molecule has 0 aliphatic rings. The van der Waals surface area contributed by atoms with E-state index >= 15 is 0 Å². The van der Waals surface area contributed by atoms with Gasteiger partial charge in [0, 0.05) is 13.0 Å². The molecule has 1 aromatic carbocycles. The summed E-state index contributed by atoms with van der Waals surface area (Å²) in [6.45, 7) is 2.60. The van der Waals surface area contributed by atoms with Crippen LogP contribution in [-0.4, -0.2) is 12.5 Å². The molecule has 0 spiro atoms. The summed E-state index contributed by atoms with van der Waals surface area (Å²) < 4.78 is 0. The van der Waals surface area contributed by atoms with Crippen LogP contribution < -0.4 is 5.32 Å². The zero-order valence-electron chi connectivity index (χ0n) is 9.07. The van der Waals surface area contributed by atoms with Crippen LogP contribution in [0.4, 0.5) is 0 Å². The normalized spacial score (nSPS) is 10.5. The highest BCUT2D eigenvalue weighted by molar-refractivity contribution is 5.76. The Morgan fingerprint density at radius 2 is 2.07 bits per heavy atom. The van der Waals surface area contributed by atoms with Crippen molar-refractivity contribution in [2.24, 2.45) is 0 Å². The third-order valence-electron chi connectivity index (χ3n) is 2.00. The second kappa shape index (κ2) is 6.82. The van der Waals surface area contributed by atoms with Crippen LogP contribution in [0.15, 0.2) is 36.4 Å². The molecule has 0 saturated carbocycles. The Balaban J connectivity index is 2.26. The average molecular weight is 203 g/mol. The molecule has 1 amide bonds. The van der Waals surface area contributed by atoms with Gasteiger partial charge in [0.05, 0.1) is 0 Å². The maximum absolute atomic E-state index is 11.1. The van der Waals surface area contributed by atoms with Crippen molar-refractivity contribution in [1.82, 2.24) is 5.32 Å². The van der Waals surface area contributed by atoms with E-state index in [2.05, 4.69) is 5.32 Å². The molecule has 0 bridgehead atoms. The van der Waals surface area contributed by atoms with Gasteiger partial charge in [-0.05, 0) is 12.0 Å². The van der Waals surface area contributed by atoms with Crippen LogP contribution in [-0.2, 0) is 4.79 Å². The Hall–Kier alpha value is -1.57. The Labute approximate surface area is 91.0 Å². The van der Waals surface area contributed by atoms with Gasteiger partial charge in [0.1, 0.15) is 0 Å². The van der Waals surface area contributed by atoms with Crippen LogP contribution in [0.2, 0.25) is 0 Å². The first-order chi connectivity index (χ1) is 7.33. The number of carbonyl (C=O) groups is 1. The number of nitrogens with one attached hydrogen (secondary N) is 1. The maximum Gasteiger partial charge on any atom is 0.220 e. The van der Waals surface area contributed by atoms with Crippen molar-refractivity contribution in [3.63, 3.8) is 0 Å². The number of hydrogen-bond acceptors (Lipinski definition) is 1. The molecule has 0 aromatic heterocycles. The summed E-state index contributed by atoms with van der Waals surface area (Å²) in [4.78, 5) is 11.1. The van der Waals surface area contributed by atoms with Gasteiger partial charge in [-0.15, -0.1) is 0 Å². The molecule has 1 aromatic rings. The van der Waals surface area contributed by atoms with Crippen molar-refractivity contribution in [1.29, 1.82) is 0 Å². The van der Waals surface area contributed by atoms with Gasteiger partial charge < -0.3 is 5.32 Å². The number of rotatable bonds is 5. The average Bonchev–Trinajstić information content (AvgIpc) is 2.26. The molecule has 0 saturated heterocycles. The summed E-state index contributed by atoms with van der Waals surface area (Å²) in [6.07, 6.45) is 5.47. The molecule has 0 heterocycles. The standard InChI is InChI=1S/C13H17NO/c1-2-7-13(15)14-11-6-10-12-8-4-3-5-9-12/h3-6,8-10H,2,7,11H2,1H3,(H,14,15). The first-order valence-corrected chi connectivity index (χ1v) is 5.31. The van der Waals surface area contributed by atoms with Gasteiger partial charge in [-0.2, -0.15) is 0 Å². The van der Waals surface area contributed by atoms with Crippen molar-refractivity contribution in [2.45, 2.75) is 19.8 Å². The number of amides is 1. The smallest absolute Gasteiger partial charge is 0.220 e. The molecule has 0 fully saturated rings. The molecular formula is C13H17NO. The van der Waals surface area contributed by atoms with E-state index in [0.29, 0.717) is 13.0 Å². The predicted octanol–water partition coefficient (Wildman–Crippen LogP) is 2.62.